The van der Waals surface area contributed by atoms with E-state index in [0.717, 1.165) is 19.6 Å². The average molecular weight is 293 g/mol. The fourth-order valence-electron chi connectivity index (χ4n) is 2.41. The predicted octanol–water partition coefficient (Wildman–Crippen LogP) is 2.06. The van der Waals surface area contributed by atoms with Gasteiger partial charge in [-0.1, -0.05) is 0 Å². The second-order valence-electron chi connectivity index (χ2n) is 5.09. The Morgan fingerprint density at radius 1 is 1.55 bits per heavy atom. The number of nitriles is 1. The number of rotatable bonds is 4. The normalized spacial score (nSPS) is 23.2. The number of carbonyl (C=O) groups is 1. The molecule has 1 saturated heterocycles. The summed E-state index contributed by atoms with van der Waals surface area (Å²) in [6.45, 7) is 6.54. The summed E-state index contributed by atoms with van der Waals surface area (Å²) in [6.07, 6.45) is 0.857. The molecular weight excluding hydrogens is 274 g/mol. The van der Waals surface area contributed by atoms with Gasteiger partial charge in [-0.15, -0.1) is 11.3 Å². The smallest absolute Gasteiger partial charge is 0.226 e. The van der Waals surface area contributed by atoms with Gasteiger partial charge < -0.3 is 10.1 Å². The lowest BCUT2D eigenvalue weighted by Gasteiger charge is -2.35. The van der Waals surface area contributed by atoms with Gasteiger partial charge in [0.2, 0.25) is 5.91 Å². The van der Waals surface area contributed by atoms with Crippen molar-refractivity contribution in [3.05, 3.63) is 17.0 Å². The Morgan fingerprint density at radius 2 is 2.25 bits per heavy atom. The van der Waals surface area contributed by atoms with Crippen LogP contribution in [0.15, 0.2) is 11.4 Å². The molecule has 1 N–H and O–H groups in total. The first-order valence-electron chi connectivity index (χ1n) is 6.73. The second kappa shape index (κ2) is 6.84. The molecule has 1 aliphatic rings. The highest BCUT2D eigenvalue weighted by molar-refractivity contribution is 7.14. The fraction of sp³-hybridized carbons (Fsp3) is 0.571. The summed E-state index contributed by atoms with van der Waals surface area (Å²) in [7, 11) is 0. The number of carbonyl (C=O) groups excluding carboxylic acids is 1. The van der Waals surface area contributed by atoms with E-state index in [1.54, 1.807) is 11.4 Å². The minimum Gasteiger partial charge on any atom is -0.373 e. The van der Waals surface area contributed by atoms with Gasteiger partial charge in [0.15, 0.2) is 0 Å². The number of nitrogens with zero attached hydrogens (tertiary/aromatic N) is 2. The van der Waals surface area contributed by atoms with E-state index >= 15 is 0 Å². The molecule has 0 aliphatic carbocycles. The van der Waals surface area contributed by atoms with Gasteiger partial charge in [-0.3, -0.25) is 9.69 Å². The number of nitrogens with one attached hydrogen (secondary N) is 1. The lowest BCUT2D eigenvalue weighted by molar-refractivity contribution is -0.117. The molecule has 1 aromatic rings. The Labute approximate surface area is 123 Å². The van der Waals surface area contributed by atoms with Crippen molar-refractivity contribution in [2.24, 2.45) is 0 Å². The minimum absolute atomic E-state index is 0.0456. The van der Waals surface area contributed by atoms with Crippen LogP contribution in [-0.4, -0.2) is 42.6 Å². The van der Waals surface area contributed by atoms with Crippen molar-refractivity contribution in [1.29, 1.82) is 5.26 Å². The Morgan fingerprint density at radius 3 is 2.90 bits per heavy atom. The van der Waals surface area contributed by atoms with Crippen LogP contribution < -0.4 is 5.32 Å². The van der Waals surface area contributed by atoms with E-state index < -0.39 is 0 Å². The predicted molar refractivity (Wildman–Crippen MR) is 78.7 cm³/mol. The zero-order chi connectivity index (χ0) is 14.5. The van der Waals surface area contributed by atoms with Crippen molar-refractivity contribution < 1.29 is 9.53 Å². The summed E-state index contributed by atoms with van der Waals surface area (Å²) < 4.78 is 5.66. The van der Waals surface area contributed by atoms with Gasteiger partial charge in [0.05, 0.1) is 17.8 Å². The molecule has 0 unspecified atom stereocenters. The number of hydrogen-bond donors (Lipinski definition) is 1. The third-order valence-corrected chi connectivity index (χ3v) is 4.02. The standard InChI is InChI=1S/C14H19N3O2S/c1-10-8-17(9-11(2)19-10)5-3-13(18)16-14-12(7-15)4-6-20-14/h4,6,10-11H,3,5,8-9H2,1-2H3,(H,16,18)/t10-,11+. The van der Waals surface area contributed by atoms with Gasteiger partial charge in [0.25, 0.3) is 0 Å². The van der Waals surface area contributed by atoms with Crippen LogP contribution in [0.4, 0.5) is 5.00 Å². The molecule has 108 valence electrons. The summed E-state index contributed by atoms with van der Waals surface area (Å²) in [5.74, 6) is -0.0456. The van der Waals surface area contributed by atoms with Crippen LogP contribution in [-0.2, 0) is 9.53 Å². The molecule has 6 heteroatoms. The van der Waals surface area contributed by atoms with E-state index in [-0.39, 0.29) is 18.1 Å². The zero-order valence-corrected chi connectivity index (χ0v) is 12.6. The number of amides is 1. The average Bonchev–Trinajstić information content (AvgIpc) is 2.82. The molecule has 2 rings (SSSR count). The highest BCUT2D eigenvalue weighted by Crippen LogP contribution is 2.22. The maximum absolute atomic E-state index is 11.9. The monoisotopic (exact) mass is 293 g/mol. The van der Waals surface area contributed by atoms with E-state index in [2.05, 4.69) is 16.3 Å². The molecule has 2 atom stereocenters. The molecule has 0 saturated carbocycles. The van der Waals surface area contributed by atoms with Crippen LogP contribution in [0.25, 0.3) is 0 Å². The van der Waals surface area contributed by atoms with Gasteiger partial charge in [0.1, 0.15) is 11.1 Å². The molecule has 2 heterocycles. The van der Waals surface area contributed by atoms with E-state index in [1.807, 2.05) is 13.8 Å². The lowest BCUT2D eigenvalue weighted by atomic mass is 10.2. The highest BCUT2D eigenvalue weighted by Gasteiger charge is 2.22. The summed E-state index contributed by atoms with van der Waals surface area (Å²) in [6, 6.07) is 3.78. The molecule has 1 aliphatic heterocycles. The second-order valence-corrected chi connectivity index (χ2v) is 6.01. The SMILES string of the molecule is C[C@@H]1CN(CCC(=O)Nc2sccc2C#N)C[C@H](C)O1. The molecule has 0 spiro atoms. The topological polar surface area (TPSA) is 65.4 Å². The summed E-state index contributed by atoms with van der Waals surface area (Å²) in [4.78, 5) is 14.2. The number of morpholine rings is 1. The van der Waals surface area contributed by atoms with Crippen molar-refractivity contribution in [2.45, 2.75) is 32.5 Å². The quantitative estimate of drug-likeness (QED) is 0.923. The fourth-order valence-corrected chi connectivity index (χ4v) is 3.16. The minimum atomic E-state index is -0.0456. The Hall–Kier alpha value is -1.42. The van der Waals surface area contributed by atoms with Crippen molar-refractivity contribution in [3.8, 4) is 6.07 Å². The Kier molecular flexibility index (Phi) is 5.12. The first-order valence-corrected chi connectivity index (χ1v) is 7.61. The van der Waals surface area contributed by atoms with Gasteiger partial charge in [0, 0.05) is 26.1 Å². The van der Waals surface area contributed by atoms with Crippen LogP contribution in [0.1, 0.15) is 25.8 Å². The highest BCUT2D eigenvalue weighted by atomic mass is 32.1. The molecule has 0 aromatic carbocycles. The summed E-state index contributed by atoms with van der Waals surface area (Å²) in [5, 5.41) is 14.1. The maximum atomic E-state index is 11.9. The first-order chi connectivity index (χ1) is 9.58. The third kappa shape index (κ3) is 4.04. The van der Waals surface area contributed by atoms with E-state index in [0.29, 0.717) is 17.0 Å². The number of ether oxygens (including phenoxy) is 1. The van der Waals surface area contributed by atoms with Crippen LogP contribution >= 0.6 is 11.3 Å². The molecular formula is C14H19N3O2S. The largest absolute Gasteiger partial charge is 0.373 e. The van der Waals surface area contributed by atoms with E-state index in [1.165, 1.54) is 11.3 Å². The van der Waals surface area contributed by atoms with Crippen molar-refractivity contribution in [1.82, 2.24) is 4.90 Å². The Bertz CT molecular complexity index is 499. The molecule has 1 amide bonds. The number of anilines is 1. The van der Waals surface area contributed by atoms with Gasteiger partial charge in [-0.2, -0.15) is 5.26 Å². The molecule has 0 radical (unpaired) electrons. The van der Waals surface area contributed by atoms with Crippen LogP contribution in [0, 0.1) is 11.3 Å². The number of hydrogen-bond acceptors (Lipinski definition) is 5. The molecule has 1 fully saturated rings. The van der Waals surface area contributed by atoms with Crippen LogP contribution in [0.2, 0.25) is 0 Å². The molecule has 0 bridgehead atoms. The van der Waals surface area contributed by atoms with Crippen molar-refractivity contribution in [3.63, 3.8) is 0 Å². The molecule has 20 heavy (non-hydrogen) atoms. The van der Waals surface area contributed by atoms with E-state index in [4.69, 9.17) is 10.00 Å². The summed E-state index contributed by atoms with van der Waals surface area (Å²) >= 11 is 1.38. The van der Waals surface area contributed by atoms with Crippen LogP contribution in [0.5, 0.6) is 0 Å². The molecule has 1 aromatic heterocycles. The molecule has 5 nitrogen and oxygen atoms in total. The zero-order valence-electron chi connectivity index (χ0n) is 11.8. The van der Waals surface area contributed by atoms with E-state index in [9.17, 15) is 4.79 Å². The van der Waals surface area contributed by atoms with Crippen molar-refractivity contribution >= 4 is 22.2 Å². The lowest BCUT2D eigenvalue weighted by Crippen LogP contribution is -2.46. The van der Waals surface area contributed by atoms with Crippen molar-refractivity contribution in [2.75, 3.05) is 25.0 Å². The van der Waals surface area contributed by atoms with Gasteiger partial charge in [-0.25, -0.2) is 0 Å². The third-order valence-electron chi connectivity index (χ3n) is 3.19. The first kappa shape index (κ1) is 15.0. The number of thiophene rings is 1. The summed E-state index contributed by atoms with van der Waals surface area (Å²) in [5.41, 5.74) is 0.525. The maximum Gasteiger partial charge on any atom is 0.226 e. The Balaban J connectivity index is 1.79. The van der Waals surface area contributed by atoms with Gasteiger partial charge >= 0.3 is 0 Å². The van der Waals surface area contributed by atoms with Gasteiger partial charge in [-0.05, 0) is 25.3 Å². The van der Waals surface area contributed by atoms with Crippen LogP contribution in [0.3, 0.4) is 0 Å².